The molecule has 32 heavy (non-hydrogen) atoms. The molecule has 2 heterocycles. The van der Waals surface area contributed by atoms with Crippen molar-refractivity contribution in [2.45, 2.75) is 24.4 Å². The van der Waals surface area contributed by atoms with Crippen molar-refractivity contribution in [1.82, 2.24) is 18.8 Å². The van der Waals surface area contributed by atoms with Crippen LogP contribution in [0.5, 0.6) is 0 Å². The molecule has 3 aromatic rings. The molecule has 0 spiro atoms. The van der Waals surface area contributed by atoms with E-state index < -0.39 is 27.5 Å². The predicted octanol–water partition coefficient (Wildman–Crippen LogP) is 3.41. The molecule has 4 rings (SSSR count). The van der Waals surface area contributed by atoms with Gasteiger partial charge in [0.2, 0.25) is 10.0 Å². The van der Waals surface area contributed by atoms with E-state index in [4.69, 9.17) is 0 Å². The minimum absolute atomic E-state index is 0.129. The first-order valence-corrected chi connectivity index (χ1v) is 11.4. The van der Waals surface area contributed by atoms with Crippen molar-refractivity contribution in [2.75, 3.05) is 26.2 Å². The summed E-state index contributed by atoms with van der Waals surface area (Å²) in [5.41, 5.74) is 0.516. The Labute approximate surface area is 183 Å². The second-order valence-corrected chi connectivity index (χ2v) is 9.41. The van der Waals surface area contributed by atoms with E-state index in [9.17, 15) is 27.3 Å². The number of fused-ring (bicyclic) bond motifs is 1. The summed E-state index contributed by atoms with van der Waals surface area (Å²) in [5.74, 6) is 0.219. The average Bonchev–Trinajstić information content (AvgIpc) is 3.18. The number of piperazine rings is 1. The first-order chi connectivity index (χ1) is 15.2. The van der Waals surface area contributed by atoms with E-state index in [0.717, 1.165) is 10.6 Å². The molecule has 1 unspecified atom stereocenters. The second-order valence-electron chi connectivity index (χ2n) is 7.48. The second kappa shape index (κ2) is 8.52. The number of hydrogen-bond acceptors (Lipinski definition) is 6. The van der Waals surface area contributed by atoms with E-state index in [0.29, 0.717) is 24.1 Å². The molecular weight excluding hydrogens is 444 g/mol. The highest BCUT2D eigenvalue weighted by Crippen LogP contribution is 2.30. The van der Waals surface area contributed by atoms with Crippen LogP contribution in [0, 0.1) is 10.1 Å². The highest BCUT2D eigenvalue weighted by molar-refractivity contribution is 7.89. The number of benzene rings is 2. The Morgan fingerprint density at radius 2 is 1.75 bits per heavy atom. The lowest BCUT2D eigenvalue weighted by Gasteiger charge is -2.37. The van der Waals surface area contributed by atoms with Gasteiger partial charge in [0.15, 0.2) is 0 Å². The third-order valence-electron chi connectivity index (χ3n) is 5.68. The van der Waals surface area contributed by atoms with Gasteiger partial charge in [-0.1, -0.05) is 18.2 Å². The third-order valence-corrected chi connectivity index (χ3v) is 7.57. The Bertz CT molecular complexity index is 1260. The van der Waals surface area contributed by atoms with Gasteiger partial charge in [-0.15, -0.1) is 0 Å². The molecule has 9 nitrogen and oxygen atoms in total. The van der Waals surface area contributed by atoms with Crippen LogP contribution in [0.15, 0.2) is 53.4 Å². The Kier molecular flexibility index (Phi) is 5.93. The first kappa shape index (κ1) is 22.2. The van der Waals surface area contributed by atoms with Crippen molar-refractivity contribution in [1.29, 1.82) is 0 Å². The van der Waals surface area contributed by atoms with Crippen molar-refractivity contribution in [3.63, 3.8) is 0 Å². The number of hydrogen-bond donors (Lipinski definition) is 0. The summed E-state index contributed by atoms with van der Waals surface area (Å²) < 4.78 is 55.6. The zero-order valence-corrected chi connectivity index (χ0v) is 18.0. The van der Waals surface area contributed by atoms with Gasteiger partial charge in [0.25, 0.3) is 5.69 Å². The van der Waals surface area contributed by atoms with Gasteiger partial charge in [-0.05, 0) is 25.1 Å². The Balaban J connectivity index is 1.53. The number of alkyl halides is 2. The molecule has 1 aromatic heterocycles. The number of para-hydroxylation sites is 2. The Morgan fingerprint density at radius 1 is 1.06 bits per heavy atom. The lowest BCUT2D eigenvalue weighted by atomic mass is 10.2. The lowest BCUT2D eigenvalue weighted by Crippen LogP contribution is -2.49. The van der Waals surface area contributed by atoms with Crippen LogP contribution in [0.2, 0.25) is 0 Å². The van der Waals surface area contributed by atoms with E-state index in [1.54, 1.807) is 31.2 Å². The van der Waals surface area contributed by atoms with Crippen LogP contribution in [0.25, 0.3) is 11.0 Å². The van der Waals surface area contributed by atoms with Crippen molar-refractivity contribution in [3.8, 4) is 0 Å². The SMILES string of the molecule is CC(c1nc2ccccc2n1C(F)F)N1CCN(S(=O)(=O)c2cccc([N+](=O)[O-])c2)CC1. The molecule has 12 heteroatoms. The van der Waals surface area contributed by atoms with Gasteiger partial charge in [0.1, 0.15) is 5.82 Å². The quantitative estimate of drug-likeness (QED) is 0.408. The molecule has 0 radical (unpaired) electrons. The largest absolute Gasteiger partial charge is 0.320 e. The molecule has 1 fully saturated rings. The van der Waals surface area contributed by atoms with E-state index in [2.05, 4.69) is 4.98 Å². The molecule has 1 atom stereocenters. The standard InChI is InChI=1S/C20H21F2N5O4S/c1-14(19-23-17-7-2-3-8-18(17)26(19)20(21)22)24-9-11-25(12-10-24)32(30,31)16-6-4-5-15(13-16)27(28)29/h2-8,13-14,20H,9-12H2,1H3. The van der Waals surface area contributed by atoms with Gasteiger partial charge in [-0.2, -0.15) is 13.1 Å². The number of non-ortho nitro benzene ring substituents is 1. The zero-order valence-electron chi connectivity index (χ0n) is 17.1. The maximum absolute atomic E-state index is 13.8. The number of imidazole rings is 1. The smallest absolute Gasteiger partial charge is 0.291 e. The molecule has 170 valence electrons. The zero-order chi connectivity index (χ0) is 23.0. The van der Waals surface area contributed by atoms with E-state index >= 15 is 0 Å². The van der Waals surface area contributed by atoms with Crippen LogP contribution in [-0.2, 0) is 10.0 Å². The van der Waals surface area contributed by atoms with Crippen LogP contribution in [0.3, 0.4) is 0 Å². The number of sulfonamides is 1. The summed E-state index contributed by atoms with van der Waals surface area (Å²) in [4.78, 5) is 16.5. The van der Waals surface area contributed by atoms with Crippen LogP contribution >= 0.6 is 0 Å². The van der Waals surface area contributed by atoms with E-state index in [1.165, 1.54) is 22.5 Å². The maximum Gasteiger partial charge on any atom is 0.320 e. The van der Waals surface area contributed by atoms with Gasteiger partial charge in [0.05, 0.1) is 26.9 Å². The van der Waals surface area contributed by atoms with Gasteiger partial charge < -0.3 is 0 Å². The highest BCUT2D eigenvalue weighted by atomic mass is 32.2. The van der Waals surface area contributed by atoms with Gasteiger partial charge in [0, 0.05) is 38.3 Å². The minimum atomic E-state index is -3.91. The number of nitro groups is 1. The molecule has 0 N–H and O–H groups in total. The molecule has 1 saturated heterocycles. The third kappa shape index (κ3) is 3.96. The summed E-state index contributed by atoms with van der Waals surface area (Å²) in [5, 5.41) is 11.0. The fourth-order valence-electron chi connectivity index (χ4n) is 3.96. The number of nitro benzene ring substituents is 1. The van der Waals surface area contributed by atoms with Crippen LogP contribution in [0.1, 0.15) is 25.3 Å². The minimum Gasteiger partial charge on any atom is -0.291 e. The fraction of sp³-hybridized carbons (Fsp3) is 0.350. The Hall–Kier alpha value is -2.96. The van der Waals surface area contributed by atoms with E-state index in [1.807, 2.05) is 4.90 Å². The summed E-state index contributed by atoms with van der Waals surface area (Å²) in [6.45, 7) is -0.113. The summed E-state index contributed by atoms with van der Waals surface area (Å²) in [7, 11) is -3.91. The van der Waals surface area contributed by atoms with Crippen LogP contribution in [0.4, 0.5) is 14.5 Å². The van der Waals surface area contributed by atoms with Crippen molar-refractivity contribution >= 4 is 26.7 Å². The number of nitrogens with zero attached hydrogens (tertiary/aromatic N) is 5. The first-order valence-electron chi connectivity index (χ1n) is 9.94. The predicted molar refractivity (Wildman–Crippen MR) is 113 cm³/mol. The lowest BCUT2D eigenvalue weighted by molar-refractivity contribution is -0.385. The van der Waals surface area contributed by atoms with Gasteiger partial charge >= 0.3 is 6.55 Å². The monoisotopic (exact) mass is 465 g/mol. The summed E-state index contributed by atoms with van der Waals surface area (Å²) in [6, 6.07) is 11.1. The highest BCUT2D eigenvalue weighted by Gasteiger charge is 2.33. The van der Waals surface area contributed by atoms with Gasteiger partial charge in [-0.25, -0.2) is 13.4 Å². The number of rotatable bonds is 6. The van der Waals surface area contributed by atoms with Gasteiger partial charge in [-0.3, -0.25) is 19.6 Å². The average molecular weight is 465 g/mol. The maximum atomic E-state index is 13.8. The molecule has 0 saturated carbocycles. The fourth-order valence-corrected chi connectivity index (χ4v) is 5.43. The van der Waals surface area contributed by atoms with E-state index in [-0.39, 0.29) is 29.5 Å². The molecule has 0 amide bonds. The normalized spacial score (nSPS) is 17.1. The summed E-state index contributed by atoms with van der Waals surface area (Å²) in [6.07, 6.45) is 0. The molecule has 0 aliphatic carbocycles. The molecule has 2 aromatic carbocycles. The molecule has 1 aliphatic heterocycles. The van der Waals surface area contributed by atoms with Crippen LogP contribution < -0.4 is 0 Å². The van der Waals surface area contributed by atoms with Crippen LogP contribution in [-0.4, -0.2) is 58.3 Å². The summed E-state index contributed by atoms with van der Waals surface area (Å²) >= 11 is 0. The molecular formula is C20H21F2N5O4S. The van der Waals surface area contributed by atoms with Crippen molar-refractivity contribution in [3.05, 3.63) is 64.5 Å². The molecule has 1 aliphatic rings. The number of halogens is 2. The molecule has 0 bridgehead atoms. The van der Waals surface area contributed by atoms with Crippen molar-refractivity contribution in [2.24, 2.45) is 0 Å². The number of aromatic nitrogens is 2. The topological polar surface area (TPSA) is 102 Å². The Morgan fingerprint density at radius 3 is 2.41 bits per heavy atom. The van der Waals surface area contributed by atoms with Crippen molar-refractivity contribution < 1.29 is 22.1 Å².